The summed E-state index contributed by atoms with van der Waals surface area (Å²) in [6, 6.07) is 6.99. The van der Waals surface area contributed by atoms with Crippen LogP contribution in [0.2, 0.25) is 0 Å². The van der Waals surface area contributed by atoms with Crippen LogP contribution in [0, 0.1) is 0 Å². The smallest absolute Gasteiger partial charge is 0.371 e. The number of hydrogen-bond acceptors (Lipinski definition) is 5. The van der Waals surface area contributed by atoms with E-state index in [0.29, 0.717) is 0 Å². The van der Waals surface area contributed by atoms with Gasteiger partial charge in [-0.2, -0.15) is 0 Å². The second-order valence-corrected chi connectivity index (χ2v) is 3.26. The molecule has 0 aliphatic rings. The Kier molecular flexibility index (Phi) is 4.36. The minimum atomic E-state index is -1.26. The number of nitrogens with two attached hydrogens (primary N) is 1. The topological polar surface area (TPSA) is 101 Å². The second-order valence-electron chi connectivity index (χ2n) is 3.26. The number of amides is 2. The maximum atomic E-state index is 11.4. The van der Waals surface area contributed by atoms with Crippen LogP contribution in [-0.2, 0) is 9.53 Å². The zero-order valence-corrected chi connectivity index (χ0v) is 9.12. The summed E-state index contributed by atoms with van der Waals surface area (Å²) in [7, 11) is 0. The lowest BCUT2D eigenvalue weighted by atomic mass is 10.2. The fraction of sp³-hybridized carbons (Fsp3) is 0.182. The Morgan fingerprint density at radius 1 is 1.24 bits per heavy atom. The number of imide groups is 1. The molecule has 0 aromatic heterocycles. The van der Waals surface area contributed by atoms with Gasteiger partial charge in [-0.3, -0.25) is 4.79 Å². The number of carbonyl (C=O) groups excluding carboxylic acids is 3. The zero-order chi connectivity index (χ0) is 12.8. The van der Waals surface area contributed by atoms with E-state index < -0.39 is 24.0 Å². The quantitative estimate of drug-likeness (QED) is 0.592. The summed E-state index contributed by atoms with van der Waals surface area (Å²) in [6.07, 6.45) is -1.26. The van der Waals surface area contributed by atoms with Gasteiger partial charge in [0.1, 0.15) is 0 Å². The monoisotopic (exact) mass is 235 g/mol. The minimum Gasteiger partial charge on any atom is -0.371 e. The summed E-state index contributed by atoms with van der Waals surface area (Å²) < 4.78 is 4.34. The van der Waals surface area contributed by atoms with Crippen LogP contribution in [0.1, 0.15) is 17.3 Å². The van der Waals surface area contributed by atoms with Crippen molar-refractivity contribution in [2.24, 2.45) is 5.73 Å². The van der Waals surface area contributed by atoms with Crippen LogP contribution in [0.5, 0.6) is 0 Å². The Hall–Kier alpha value is -2.21. The molecule has 2 N–H and O–H groups in total. The van der Waals surface area contributed by atoms with Crippen molar-refractivity contribution in [2.45, 2.75) is 13.0 Å². The van der Waals surface area contributed by atoms with E-state index in [-0.39, 0.29) is 5.56 Å². The highest BCUT2D eigenvalue weighted by Crippen LogP contribution is 2.01. The molecule has 0 aliphatic heterocycles. The first-order valence-corrected chi connectivity index (χ1v) is 4.83. The molecule has 0 fully saturated rings. The summed E-state index contributed by atoms with van der Waals surface area (Å²) in [5.41, 5.74) is 5.39. The van der Waals surface area contributed by atoms with Crippen LogP contribution in [0.25, 0.3) is 0 Å². The lowest BCUT2D eigenvalue weighted by molar-refractivity contribution is -0.121. The van der Waals surface area contributed by atoms with Gasteiger partial charge in [-0.25, -0.2) is 9.59 Å². The number of benzene rings is 1. The first-order valence-electron chi connectivity index (χ1n) is 4.83. The molecule has 0 saturated carbocycles. The Labute approximate surface area is 97.7 Å². The number of carbonyl (C=O) groups is 3. The molecule has 6 nitrogen and oxygen atoms in total. The fourth-order valence-corrected chi connectivity index (χ4v) is 0.927. The average Bonchev–Trinajstić information content (AvgIpc) is 2.29. The van der Waals surface area contributed by atoms with Crippen LogP contribution in [-0.4, -0.2) is 24.0 Å². The highest BCUT2D eigenvalue weighted by molar-refractivity contribution is 6.01. The molecule has 2 amide bonds. The van der Waals surface area contributed by atoms with Crippen molar-refractivity contribution in [3.8, 4) is 0 Å². The van der Waals surface area contributed by atoms with Crippen LogP contribution in [0.3, 0.4) is 0 Å². The third kappa shape index (κ3) is 4.04. The first-order chi connectivity index (χ1) is 8.00. The van der Waals surface area contributed by atoms with E-state index in [1.54, 1.807) is 18.2 Å². The average molecular weight is 235 g/mol. The van der Waals surface area contributed by atoms with E-state index >= 15 is 0 Å². The molecule has 0 spiro atoms. The van der Waals surface area contributed by atoms with E-state index in [4.69, 9.17) is 5.73 Å². The van der Waals surface area contributed by atoms with Crippen LogP contribution >= 0.6 is 0 Å². The third-order valence-electron chi connectivity index (χ3n) is 1.78. The van der Waals surface area contributed by atoms with E-state index in [2.05, 4.69) is 10.1 Å². The van der Waals surface area contributed by atoms with Crippen molar-refractivity contribution in [3.05, 3.63) is 35.9 Å². The SMILES string of the molecule is C[C@H](N)C(=O)[N]C(=O)OC(=O)c1ccccc1. The van der Waals surface area contributed by atoms with Crippen LogP contribution in [0.4, 0.5) is 4.79 Å². The van der Waals surface area contributed by atoms with Crippen molar-refractivity contribution >= 4 is 18.0 Å². The van der Waals surface area contributed by atoms with Gasteiger partial charge in [0, 0.05) is 0 Å². The predicted octanol–water partition coefficient (Wildman–Crippen LogP) is 0.442. The van der Waals surface area contributed by atoms with Gasteiger partial charge in [-0.05, 0) is 19.1 Å². The molecule has 0 bridgehead atoms. The third-order valence-corrected chi connectivity index (χ3v) is 1.78. The molecule has 0 heterocycles. The number of ether oxygens (including phenoxy) is 1. The maximum Gasteiger partial charge on any atom is 0.444 e. The summed E-state index contributed by atoms with van der Waals surface area (Å²) in [6.45, 7) is 1.37. The Morgan fingerprint density at radius 2 is 1.82 bits per heavy atom. The minimum absolute atomic E-state index is 0.198. The molecule has 0 aliphatic carbocycles. The van der Waals surface area contributed by atoms with E-state index in [1.807, 2.05) is 0 Å². The lowest BCUT2D eigenvalue weighted by Gasteiger charge is -2.03. The van der Waals surface area contributed by atoms with Gasteiger partial charge in [0.25, 0.3) is 5.91 Å². The summed E-state index contributed by atoms with van der Waals surface area (Å²) in [5.74, 6) is -1.70. The normalized spacial score (nSPS) is 11.4. The van der Waals surface area contributed by atoms with Gasteiger partial charge in [-0.1, -0.05) is 18.2 Å². The molecule has 0 saturated heterocycles. The van der Waals surface area contributed by atoms with Gasteiger partial charge >= 0.3 is 12.1 Å². The molecule has 0 unspecified atom stereocenters. The summed E-state index contributed by atoms with van der Waals surface area (Å²) >= 11 is 0. The van der Waals surface area contributed by atoms with Gasteiger partial charge < -0.3 is 10.5 Å². The van der Waals surface area contributed by atoms with E-state index in [9.17, 15) is 14.4 Å². The van der Waals surface area contributed by atoms with Gasteiger partial charge in [0.15, 0.2) is 0 Å². The number of rotatable bonds is 2. The van der Waals surface area contributed by atoms with Crippen molar-refractivity contribution in [1.29, 1.82) is 0 Å². The predicted molar refractivity (Wildman–Crippen MR) is 58.0 cm³/mol. The first kappa shape index (κ1) is 12.9. The molecule has 1 radical (unpaired) electrons. The number of hydrogen-bond donors (Lipinski definition) is 1. The van der Waals surface area contributed by atoms with Gasteiger partial charge in [-0.15, -0.1) is 5.32 Å². The summed E-state index contributed by atoms with van der Waals surface area (Å²) in [4.78, 5) is 33.4. The standard InChI is InChI=1S/C11H11N2O4/c1-7(12)9(14)13-11(16)17-10(15)8-5-3-2-4-6-8/h2-7H,12H2,1H3/t7-/m0/s1. The van der Waals surface area contributed by atoms with Crippen molar-refractivity contribution < 1.29 is 19.1 Å². The maximum absolute atomic E-state index is 11.4. The molecule has 1 rings (SSSR count). The Morgan fingerprint density at radius 3 is 2.35 bits per heavy atom. The van der Waals surface area contributed by atoms with E-state index in [1.165, 1.54) is 19.1 Å². The van der Waals surface area contributed by atoms with Crippen molar-refractivity contribution in [2.75, 3.05) is 0 Å². The van der Waals surface area contributed by atoms with E-state index in [0.717, 1.165) is 0 Å². The molecular formula is C11H11N2O4. The Bertz CT molecular complexity index is 428. The molecule has 1 aromatic carbocycles. The highest BCUT2D eigenvalue weighted by Gasteiger charge is 2.19. The number of esters is 1. The zero-order valence-electron chi connectivity index (χ0n) is 9.12. The fourth-order valence-electron chi connectivity index (χ4n) is 0.927. The lowest BCUT2D eigenvalue weighted by Crippen LogP contribution is -2.37. The van der Waals surface area contributed by atoms with Crippen molar-refractivity contribution in [1.82, 2.24) is 5.32 Å². The van der Waals surface area contributed by atoms with Crippen LogP contribution < -0.4 is 11.1 Å². The molecule has 89 valence electrons. The Balaban J connectivity index is 2.53. The van der Waals surface area contributed by atoms with Gasteiger partial charge in [0.2, 0.25) is 0 Å². The molecule has 17 heavy (non-hydrogen) atoms. The second kappa shape index (κ2) is 5.76. The molecular weight excluding hydrogens is 224 g/mol. The van der Waals surface area contributed by atoms with Crippen LogP contribution in [0.15, 0.2) is 30.3 Å². The highest BCUT2D eigenvalue weighted by atomic mass is 16.6. The number of nitrogens with zero attached hydrogens (tertiary/aromatic N) is 1. The molecule has 1 aromatic rings. The van der Waals surface area contributed by atoms with Gasteiger partial charge in [0.05, 0.1) is 11.6 Å². The summed E-state index contributed by atoms with van der Waals surface area (Å²) in [5, 5.41) is 3.00. The largest absolute Gasteiger partial charge is 0.444 e. The molecule has 6 heteroatoms. The molecule has 1 atom stereocenters. The van der Waals surface area contributed by atoms with Crippen molar-refractivity contribution in [3.63, 3.8) is 0 Å².